The summed E-state index contributed by atoms with van der Waals surface area (Å²) in [5.74, 6) is 0.0200. The zero-order chi connectivity index (χ0) is 24.2. The molecular weight excluding hydrogens is 452 g/mol. The third-order valence-electron chi connectivity index (χ3n) is 5.19. The lowest BCUT2D eigenvalue weighted by atomic mass is 10.0. The molecule has 2 amide bonds. The van der Waals surface area contributed by atoms with E-state index in [9.17, 15) is 9.59 Å². The zero-order valence-electron chi connectivity index (χ0n) is 19.2. The minimum absolute atomic E-state index is 0.197. The van der Waals surface area contributed by atoms with E-state index in [4.69, 9.17) is 21.1 Å². The number of rotatable bonds is 12. The number of benzene rings is 3. The van der Waals surface area contributed by atoms with Crippen molar-refractivity contribution in [2.24, 2.45) is 0 Å². The van der Waals surface area contributed by atoms with Crippen LogP contribution in [-0.4, -0.2) is 43.6 Å². The molecule has 3 aromatic rings. The van der Waals surface area contributed by atoms with E-state index in [-0.39, 0.29) is 25.0 Å². The number of nitrogens with zero attached hydrogens (tertiary/aromatic N) is 1. The van der Waals surface area contributed by atoms with Crippen molar-refractivity contribution < 1.29 is 19.1 Å². The molecule has 0 fully saturated rings. The fraction of sp³-hybridized carbons (Fsp3) is 0.259. The highest BCUT2D eigenvalue weighted by molar-refractivity contribution is 6.30. The van der Waals surface area contributed by atoms with Crippen LogP contribution in [0.4, 0.5) is 0 Å². The average molecular weight is 481 g/mol. The second-order valence-corrected chi connectivity index (χ2v) is 8.14. The van der Waals surface area contributed by atoms with E-state index in [1.807, 2.05) is 60.7 Å². The smallest absolute Gasteiger partial charge is 0.261 e. The summed E-state index contributed by atoms with van der Waals surface area (Å²) in [7, 11) is 1.62. The number of carbonyl (C=O) groups is 2. The number of amides is 2. The van der Waals surface area contributed by atoms with Gasteiger partial charge in [-0.15, -0.1) is 0 Å². The topological polar surface area (TPSA) is 67.9 Å². The number of halogens is 1. The SMILES string of the molecule is COCCCNC(=O)[C@@H](c1ccccc1)N(Cc1ccc(Cl)cc1)C(=O)COc1ccccc1. The number of para-hydroxylation sites is 1. The maximum Gasteiger partial charge on any atom is 0.261 e. The van der Waals surface area contributed by atoms with Gasteiger partial charge in [-0.2, -0.15) is 0 Å². The Kier molecular flexibility index (Phi) is 9.95. The Labute approximate surface area is 205 Å². The van der Waals surface area contributed by atoms with Crippen LogP contribution in [0, 0.1) is 0 Å². The lowest BCUT2D eigenvalue weighted by molar-refractivity contribution is -0.143. The van der Waals surface area contributed by atoms with Crippen molar-refractivity contribution in [2.75, 3.05) is 26.9 Å². The van der Waals surface area contributed by atoms with Crippen molar-refractivity contribution in [3.8, 4) is 5.75 Å². The number of nitrogens with one attached hydrogen (secondary N) is 1. The van der Waals surface area contributed by atoms with Crippen molar-refractivity contribution in [2.45, 2.75) is 19.0 Å². The highest BCUT2D eigenvalue weighted by atomic mass is 35.5. The maximum absolute atomic E-state index is 13.5. The molecule has 0 saturated carbocycles. The molecule has 0 unspecified atom stereocenters. The summed E-state index contributed by atoms with van der Waals surface area (Å²) in [6, 6.07) is 24.8. The van der Waals surface area contributed by atoms with Crippen LogP contribution in [0.15, 0.2) is 84.9 Å². The van der Waals surface area contributed by atoms with Gasteiger partial charge in [0, 0.05) is 31.8 Å². The molecule has 1 atom stereocenters. The lowest BCUT2D eigenvalue weighted by Gasteiger charge is -2.31. The van der Waals surface area contributed by atoms with Gasteiger partial charge in [0.15, 0.2) is 6.61 Å². The van der Waals surface area contributed by atoms with Crippen LogP contribution in [0.1, 0.15) is 23.6 Å². The first-order valence-electron chi connectivity index (χ1n) is 11.1. The Morgan fingerprint density at radius 2 is 1.59 bits per heavy atom. The van der Waals surface area contributed by atoms with Crippen LogP contribution in [0.3, 0.4) is 0 Å². The molecule has 0 spiro atoms. The van der Waals surface area contributed by atoms with Crippen molar-refractivity contribution in [1.29, 1.82) is 0 Å². The van der Waals surface area contributed by atoms with E-state index in [2.05, 4.69) is 5.32 Å². The van der Waals surface area contributed by atoms with Gasteiger partial charge in [-0.05, 0) is 41.8 Å². The minimum Gasteiger partial charge on any atom is -0.484 e. The Hall–Kier alpha value is -3.35. The molecule has 0 heterocycles. The quantitative estimate of drug-likeness (QED) is 0.383. The predicted molar refractivity (Wildman–Crippen MR) is 133 cm³/mol. The molecule has 0 aliphatic carbocycles. The van der Waals surface area contributed by atoms with Crippen molar-refractivity contribution in [3.63, 3.8) is 0 Å². The van der Waals surface area contributed by atoms with E-state index < -0.39 is 6.04 Å². The second kappa shape index (κ2) is 13.4. The van der Waals surface area contributed by atoms with Gasteiger partial charge in [-0.1, -0.05) is 72.3 Å². The molecule has 34 heavy (non-hydrogen) atoms. The van der Waals surface area contributed by atoms with Gasteiger partial charge >= 0.3 is 0 Å². The maximum atomic E-state index is 13.5. The molecular formula is C27H29ClN2O4. The molecule has 3 aromatic carbocycles. The number of carbonyl (C=O) groups excluding carboxylic acids is 2. The third-order valence-corrected chi connectivity index (χ3v) is 5.44. The molecule has 7 heteroatoms. The summed E-state index contributed by atoms with van der Waals surface area (Å²) in [4.78, 5) is 28.4. The molecule has 0 bridgehead atoms. The van der Waals surface area contributed by atoms with Crippen LogP contribution >= 0.6 is 11.6 Å². The van der Waals surface area contributed by atoms with Gasteiger partial charge in [0.05, 0.1) is 0 Å². The summed E-state index contributed by atoms with van der Waals surface area (Å²) in [6.07, 6.45) is 0.673. The Morgan fingerprint density at radius 3 is 2.24 bits per heavy atom. The molecule has 1 N–H and O–H groups in total. The summed E-state index contributed by atoms with van der Waals surface area (Å²) in [6.45, 7) is 1.01. The largest absolute Gasteiger partial charge is 0.484 e. The number of hydrogen-bond acceptors (Lipinski definition) is 4. The van der Waals surface area contributed by atoms with Crippen LogP contribution in [0.2, 0.25) is 5.02 Å². The summed E-state index contributed by atoms with van der Waals surface area (Å²) < 4.78 is 10.8. The fourth-order valence-corrected chi connectivity index (χ4v) is 3.61. The van der Waals surface area contributed by atoms with Crippen LogP contribution in [0.5, 0.6) is 5.75 Å². The Morgan fingerprint density at radius 1 is 0.941 bits per heavy atom. The molecule has 3 rings (SSSR count). The van der Waals surface area contributed by atoms with E-state index in [0.29, 0.717) is 35.9 Å². The molecule has 0 saturated heterocycles. The van der Waals surface area contributed by atoms with E-state index >= 15 is 0 Å². The standard InChI is InChI=1S/C27H29ClN2O4/c1-33-18-8-17-29-27(32)26(22-9-4-2-5-10-22)30(19-21-13-15-23(28)16-14-21)25(31)20-34-24-11-6-3-7-12-24/h2-7,9-16,26H,8,17-20H2,1H3,(H,29,32)/t26-/m1/s1. The molecule has 6 nitrogen and oxygen atoms in total. The van der Waals surface area contributed by atoms with Crippen molar-refractivity contribution >= 4 is 23.4 Å². The van der Waals surface area contributed by atoms with Crippen LogP contribution < -0.4 is 10.1 Å². The van der Waals surface area contributed by atoms with Crippen molar-refractivity contribution in [3.05, 3.63) is 101 Å². The minimum atomic E-state index is -0.828. The zero-order valence-corrected chi connectivity index (χ0v) is 19.9. The van der Waals surface area contributed by atoms with Gasteiger partial charge in [-0.25, -0.2) is 0 Å². The molecule has 0 aliphatic heterocycles. The number of ether oxygens (including phenoxy) is 2. The molecule has 0 aromatic heterocycles. The summed E-state index contributed by atoms with van der Waals surface area (Å²) in [5, 5.41) is 3.55. The van der Waals surface area contributed by atoms with Crippen molar-refractivity contribution in [1.82, 2.24) is 10.2 Å². The normalized spacial score (nSPS) is 11.5. The van der Waals surface area contributed by atoms with Gasteiger partial charge in [0.25, 0.3) is 5.91 Å². The monoisotopic (exact) mass is 480 g/mol. The van der Waals surface area contributed by atoms with Gasteiger partial charge in [0.2, 0.25) is 5.91 Å². The number of hydrogen-bond donors (Lipinski definition) is 1. The van der Waals surface area contributed by atoms with E-state index in [0.717, 1.165) is 5.56 Å². The first-order valence-corrected chi connectivity index (χ1v) is 11.5. The van der Waals surface area contributed by atoms with E-state index in [1.54, 1.807) is 36.3 Å². The lowest BCUT2D eigenvalue weighted by Crippen LogP contribution is -2.45. The van der Waals surface area contributed by atoms with Crippen LogP contribution in [-0.2, 0) is 20.9 Å². The highest BCUT2D eigenvalue weighted by Crippen LogP contribution is 2.25. The Balaban J connectivity index is 1.88. The summed E-state index contributed by atoms with van der Waals surface area (Å²) >= 11 is 6.05. The van der Waals surface area contributed by atoms with Gasteiger partial charge in [-0.3, -0.25) is 9.59 Å². The first kappa shape index (κ1) is 25.3. The summed E-state index contributed by atoms with van der Waals surface area (Å²) in [5.41, 5.74) is 1.57. The first-order chi connectivity index (χ1) is 16.6. The molecule has 0 aliphatic rings. The van der Waals surface area contributed by atoms with Crippen LogP contribution in [0.25, 0.3) is 0 Å². The Bertz CT molecular complexity index is 1030. The van der Waals surface area contributed by atoms with Gasteiger partial charge < -0.3 is 19.7 Å². The predicted octanol–water partition coefficient (Wildman–Crippen LogP) is 4.64. The molecule has 178 valence electrons. The third kappa shape index (κ3) is 7.61. The van der Waals surface area contributed by atoms with E-state index in [1.165, 1.54) is 0 Å². The fourth-order valence-electron chi connectivity index (χ4n) is 3.49. The molecule has 0 radical (unpaired) electrons. The second-order valence-electron chi connectivity index (χ2n) is 7.70. The number of methoxy groups -OCH3 is 1. The average Bonchev–Trinajstić information content (AvgIpc) is 2.87. The van der Waals surface area contributed by atoms with Gasteiger partial charge in [0.1, 0.15) is 11.8 Å². The highest BCUT2D eigenvalue weighted by Gasteiger charge is 2.31.